The van der Waals surface area contributed by atoms with Crippen molar-refractivity contribution in [3.8, 4) is 0 Å². The van der Waals surface area contributed by atoms with Crippen LogP contribution >= 0.6 is 0 Å². The summed E-state index contributed by atoms with van der Waals surface area (Å²) in [6.45, 7) is -0.0355. The average molecular weight is 280 g/mol. The Hall–Kier alpha value is -1.95. The van der Waals surface area contributed by atoms with Crippen LogP contribution in [0.3, 0.4) is 0 Å². The van der Waals surface area contributed by atoms with Crippen molar-refractivity contribution in [1.29, 1.82) is 0 Å². The van der Waals surface area contributed by atoms with Crippen LogP contribution in [-0.4, -0.2) is 47.6 Å². The smallest absolute Gasteiger partial charge is 0.254 e. The molecule has 1 aromatic carbocycles. The van der Waals surface area contributed by atoms with Gasteiger partial charge in [-0.2, -0.15) is 0 Å². The van der Waals surface area contributed by atoms with E-state index in [4.69, 9.17) is 5.11 Å². The maximum Gasteiger partial charge on any atom is 0.254 e. The fraction of sp³-hybridized carbons (Fsp3) is 0.429. The lowest BCUT2D eigenvalue weighted by molar-refractivity contribution is -0.131. The predicted octanol–water partition coefficient (Wildman–Crippen LogP) is 0.539. The number of hydrogen-bond donors (Lipinski definition) is 2. The average Bonchev–Trinajstić information content (AvgIpc) is 3.26. The molecule has 0 aromatic heterocycles. The summed E-state index contributed by atoms with van der Waals surface area (Å²) in [5, 5.41) is 11.3. The number of amides is 2. The van der Waals surface area contributed by atoms with Crippen LogP contribution in [0.4, 0.5) is 4.39 Å². The number of aliphatic hydroxyl groups excluding tert-OH is 1. The number of nitrogens with one attached hydrogen (secondary N) is 1. The Kier molecular flexibility index (Phi) is 4.68. The largest absolute Gasteiger partial charge is 0.395 e. The Balaban J connectivity index is 1.89. The fourth-order valence-corrected chi connectivity index (χ4v) is 2.00. The van der Waals surface area contributed by atoms with Gasteiger partial charge in [0, 0.05) is 12.6 Å². The molecule has 0 heterocycles. The van der Waals surface area contributed by atoms with Gasteiger partial charge >= 0.3 is 0 Å². The third-order valence-electron chi connectivity index (χ3n) is 3.17. The third-order valence-corrected chi connectivity index (χ3v) is 3.17. The summed E-state index contributed by atoms with van der Waals surface area (Å²) in [7, 11) is 0. The first-order valence-corrected chi connectivity index (χ1v) is 6.56. The number of halogens is 1. The number of carbonyl (C=O) groups is 2. The molecule has 1 aromatic rings. The Bertz CT molecular complexity index is 503. The zero-order valence-corrected chi connectivity index (χ0v) is 11.0. The fourth-order valence-electron chi connectivity index (χ4n) is 2.00. The molecule has 2 rings (SSSR count). The Morgan fingerprint density at radius 1 is 1.35 bits per heavy atom. The highest BCUT2D eigenvalue weighted by molar-refractivity contribution is 5.96. The zero-order valence-electron chi connectivity index (χ0n) is 11.0. The monoisotopic (exact) mass is 280 g/mol. The van der Waals surface area contributed by atoms with E-state index < -0.39 is 11.7 Å². The van der Waals surface area contributed by atoms with Gasteiger partial charge in [-0.1, -0.05) is 12.1 Å². The van der Waals surface area contributed by atoms with Gasteiger partial charge < -0.3 is 15.3 Å². The van der Waals surface area contributed by atoms with E-state index in [0.29, 0.717) is 0 Å². The van der Waals surface area contributed by atoms with E-state index in [1.807, 2.05) is 0 Å². The van der Waals surface area contributed by atoms with E-state index in [0.717, 1.165) is 12.8 Å². The van der Waals surface area contributed by atoms with Crippen molar-refractivity contribution in [3.05, 3.63) is 35.6 Å². The molecule has 1 aliphatic rings. The van der Waals surface area contributed by atoms with Gasteiger partial charge in [-0.05, 0) is 25.0 Å². The molecule has 0 aliphatic heterocycles. The van der Waals surface area contributed by atoms with Crippen molar-refractivity contribution in [2.75, 3.05) is 19.7 Å². The molecular weight excluding hydrogens is 263 g/mol. The third kappa shape index (κ3) is 3.54. The standard InChI is InChI=1S/C14H17FN2O3/c15-12-4-2-1-3-11(12)14(20)16-9-13(19)17(7-8-18)10-5-6-10/h1-4,10,18H,5-9H2,(H,16,20). The molecule has 1 fully saturated rings. The Labute approximate surface area is 116 Å². The summed E-state index contributed by atoms with van der Waals surface area (Å²) in [5.41, 5.74) is -0.0829. The van der Waals surface area contributed by atoms with Gasteiger partial charge in [0.1, 0.15) is 5.82 Å². The van der Waals surface area contributed by atoms with Crippen LogP contribution in [0, 0.1) is 5.82 Å². The second kappa shape index (κ2) is 6.47. The molecular formula is C14H17FN2O3. The number of aliphatic hydroxyl groups is 1. The van der Waals surface area contributed by atoms with Gasteiger partial charge in [-0.25, -0.2) is 4.39 Å². The van der Waals surface area contributed by atoms with Crippen LogP contribution in [0.5, 0.6) is 0 Å². The van der Waals surface area contributed by atoms with E-state index >= 15 is 0 Å². The van der Waals surface area contributed by atoms with Crippen molar-refractivity contribution >= 4 is 11.8 Å². The number of rotatable bonds is 6. The molecule has 0 unspecified atom stereocenters. The van der Waals surface area contributed by atoms with E-state index in [9.17, 15) is 14.0 Å². The van der Waals surface area contributed by atoms with E-state index in [-0.39, 0.29) is 37.2 Å². The molecule has 6 heteroatoms. The van der Waals surface area contributed by atoms with Gasteiger partial charge in [0.25, 0.3) is 5.91 Å². The highest BCUT2D eigenvalue weighted by atomic mass is 19.1. The Morgan fingerprint density at radius 3 is 2.65 bits per heavy atom. The van der Waals surface area contributed by atoms with Crippen molar-refractivity contribution in [1.82, 2.24) is 10.2 Å². The van der Waals surface area contributed by atoms with E-state index in [1.165, 1.54) is 18.2 Å². The number of nitrogens with zero attached hydrogens (tertiary/aromatic N) is 1. The van der Waals surface area contributed by atoms with Crippen molar-refractivity contribution < 1.29 is 19.1 Å². The summed E-state index contributed by atoms with van der Waals surface area (Å²) in [4.78, 5) is 25.3. The molecule has 0 bridgehead atoms. The molecule has 0 spiro atoms. The minimum absolute atomic E-state index is 0.0829. The highest BCUT2D eigenvalue weighted by Gasteiger charge is 2.32. The van der Waals surface area contributed by atoms with E-state index in [1.54, 1.807) is 11.0 Å². The summed E-state index contributed by atoms with van der Waals surface area (Å²) < 4.78 is 13.4. The maximum absolute atomic E-state index is 13.4. The second-order valence-electron chi connectivity index (χ2n) is 4.70. The molecule has 2 amide bonds. The number of benzene rings is 1. The molecule has 2 N–H and O–H groups in total. The topological polar surface area (TPSA) is 69.6 Å². The van der Waals surface area contributed by atoms with Gasteiger partial charge in [0.2, 0.25) is 5.91 Å². The highest BCUT2D eigenvalue weighted by Crippen LogP contribution is 2.26. The maximum atomic E-state index is 13.4. The quantitative estimate of drug-likeness (QED) is 0.799. The second-order valence-corrected chi connectivity index (χ2v) is 4.70. The Morgan fingerprint density at radius 2 is 2.05 bits per heavy atom. The molecule has 0 radical (unpaired) electrons. The van der Waals surface area contributed by atoms with Crippen LogP contribution in [0.15, 0.2) is 24.3 Å². The van der Waals surface area contributed by atoms with Crippen LogP contribution in [0.2, 0.25) is 0 Å². The lowest BCUT2D eigenvalue weighted by Crippen LogP contribution is -2.42. The van der Waals surface area contributed by atoms with Crippen LogP contribution < -0.4 is 5.32 Å². The molecule has 108 valence electrons. The minimum Gasteiger partial charge on any atom is -0.395 e. The molecule has 0 saturated heterocycles. The summed E-state index contributed by atoms with van der Waals surface area (Å²) in [6, 6.07) is 5.77. The first kappa shape index (κ1) is 14.5. The zero-order chi connectivity index (χ0) is 14.5. The summed E-state index contributed by atoms with van der Waals surface area (Å²) in [5.74, 6) is -1.49. The molecule has 5 nitrogen and oxygen atoms in total. The first-order valence-electron chi connectivity index (χ1n) is 6.56. The van der Waals surface area contributed by atoms with Crippen molar-refractivity contribution in [2.24, 2.45) is 0 Å². The van der Waals surface area contributed by atoms with E-state index in [2.05, 4.69) is 5.32 Å². The number of carbonyl (C=O) groups excluding carboxylic acids is 2. The van der Waals surface area contributed by atoms with Gasteiger partial charge in [-0.3, -0.25) is 9.59 Å². The number of hydrogen-bond acceptors (Lipinski definition) is 3. The molecule has 1 aliphatic carbocycles. The van der Waals surface area contributed by atoms with Gasteiger partial charge in [0.15, 0.2) is 0 Å². The normalized spacial score (nSPS) is 13.9. The lowest BCUT2D eigenvalue weighted by atomic mass is 10.2. The predicted molar refractivity (Wildman–Crippen MR) is 70.6 cm³/mol. The summed E-state index contributed by atoms with van der Waals surface area (Å²) >= 11 is 0. The SMILES string of the molecule is O=C(NCC(=O)N(CCO)C1CC1)c1ccccc1F. The van der Waals surface area contributed by atoms with Crippen LogP contribution in [0.25, 0.3) is 0 Å². The lowest BCUT2D eigenvalue weighted by Gasteiger charge is -2.21. The minimum atomic E-state index is -0.619. The van der Waals surface area contributed by atoms with Crippen molar-refractivity contribution in [2.45, 2.75) is 18.9 Å². The van der Waals surface area contributed by atoms with Gasteiger partial charge in [-0.15, -0.1) is 0 Å². The summed E-state index contributed by atoms with van der Waals surface area (Å²) in [6.07, 6.45) is 1.85. The van der Waals surface area contributed by atoms with Crippen molar-refractivity contribution in [3.63, 3.8) is 0 Å². The molecule has 20 heavy (non-hydrogen) atoms. The molecule has 1 saturated carbocycles. The first-order chi connectivity index (χ1) is 9.63. The molecule has 0 atom stereocenters. The van der Waals surface area contributed by atoms with Crippen LogP contribution in [0.1, 0.15) is 23.2 Å². The van der Waals surface area contributed by atoms with Gasteiger partial charge in [0.05, 0.1) is 18.7 Å². The van der Waals surface area contributed by atoms with Crippen LogP contribution in [-0.2, 0) is 4.79 Å².